The van der Waals surface area contributed by atoms with E-state index in [2.05, 4.69) is 20.5 Å². The molecule has 3 aromatic carbocycles. The van der Waals surface area contributed by atoms with Crippen LogP contribution in [0.15, 0.2) is 102 Å². The van der Waals surface area contributed by atoms with Gasteiger partial charge >= 0.3 is 0 Å². The number of nitrogens with zero attached hydrogens (tertiary/aromatic N) is 4. The second kappa shape index (κ2) is 12.1. The lowest BCUT2D eigenvalue weighted by Gasteiger charge is -2.18. The van der Waals surface area contributed by atoms with Gasteiger partial charge in [0.15, 0.2) is 11.0 Å². The highest BCUT2D eigenvalue weighted by atomic mass is 35.5. The second-order valence-corrected chi connectivity index (χ2v) is 10.2. The van der Waals surface area contributed by atoms with Crippen molar-refractivity contribution in [1.82, 2.24) is 19.7 Å². The fourth-order valence-corrected chi connectivity index (χ4v) is 5.24. The van der Waals surface area contributed by atoms with E-state index in [-0.39, 0.29) is 5.91 Å². The van der Waals surface area contributed by atoms with Gasteiger partial charge in [-0.3, -0.25) is 14.3 Å². The lowest BCUT2D eigenvalue weighted by Crippen LogP contribution is -2.19. The third-order valence-corrected chi connectivity index (χ3v) is 7.57. The number of hydrogen-bond donors (Lipinski definition) is 1. The van der Waals surface area contributed by atoms with Crippen molar-refractivity contribution < 1.29 is 9.53 Å². The van der Waals surface area contributed by atoms with Crippen LogP contribution in [0.1, 0.15) is 23.3 Å². The van der Waals surface area contributed by atoms with Crippen molar-refractivity contribution in [2.24, 2.45) is 0 Å². The minimum absolute atomic E-state index is 0.199. The molecule has 1 atom stereocenters. The molecule has 5 aromatic rings. The lowest BCUT2D eigenvalue weighted by atomic mass is 10.1. The molecular formula is C30H26ClN5O2S. The summed E-state index contributed by atoms with van der Waals surface area (Å²) < 4.78 is 7.57. The summed E-state index contributed by atoms with van der Waals surface area (Å²) in [5.74, 6) is 1.19. The number of hydrogen-bond acceptors (Lipinski definition) is 6. The van der Waals surface area contributed by atoms with Gasteiger partial charge in [-0.15, -0.1) is 10.2 Å². The van der Waals surface area contributed by atoms with E-state index in [1.807, 2.05) is 97.3 Å². The Morgan fingerprint density at radius 2 is 1.82 bits per heavy atom. The quantitative estimate of drug-likeness (QED) is 0.194. The Bertz CT molecular complexity index is 1560. The first-order valence-corrected chi connectivity index (χ1v) is 13.7. The highest BCUT2D eigenvalue weighted by Crippen LogP contribution is 2.38. The topological polar surface area (TPSA) is 81.9 Å². The first-order valence-electron chi connectivity index (χ1n) is 12.4. The molecule has 1 N–H and O–H groups in total. The Morgan fingerprint density at radius 1 is 1.03 bits per heavy atom. The Balaban J connectivity index is 1.55. The maximum absolute atomic E-state index is 13.7. The van der Waals surface area contributed by atoms with Crippen molar-refractivity contribution >= 4 is 35.0 Å². The van der Waals surface area contributed by atoms with Gasteiger partial charge in [0.25, 0.3) is 0 Å². The number of aromatic nitrogens is 4. The van der Waals surface area contributed by atoms with E-state index in [1.165, 1.54) is 11.8 Å². The SMILES string of the molecule is CCOc1ccc(-n2c(SC(C(=O)Nc3ccc(C)c(Cl)c3)c3ccccc3)nnc2-c2cccnc2)cc1. The van der Waals surface area contributed by atoms with Gasteiger partial charge in [-0.1, -0.05) is 59.8 Å². The number of benzene rings is 3. The molecule has 0 saturated carbocycles. The van der Waals surface area contributed by atoms with Gasteiger partial charge in [0.05, 0.1) is 6.61 Å². The molecule has 5 rings (SSSR count). The van der Waals surface area contributed by atoms with Crippen molar-refractivity contribution in [3.8, 4) is 22.8 Å². The zero-order chi connectivity index (χ0) is 27.2. The van der Waals surface area contributed by atoms with Crippen molar-refractivity contribution in [3.63, 3.8) is 0 Å². The van der Waals surface area contributed by atoms with Gasteiger partial charge in [-0.05, 0) is 73.5 Å². The minimum atomic E-state index is -0.612. The first-order chi connectivity index (χ1) is 19.0. The largest absolute Gasteiger partial charge is 0.494 e. The minimum Gasteiger partial charge on any atom is -0.494 e. The molecule has 0 aliphatic carbocycles. The third kappa shape index (κ3) is 6.13. The number of aryl methyl sites for hydroxylation is 1. The van der Waals surface area contributed by atoms with E-state index in [0.29, 0.717) is 28.3 Å². The first kappa shape index (κ1) is 26.5. The molecule has 0 bridgehead atoms. The fourth-order valence-electron chi connectivity index (χ4n) is 4.00. The molecule has 0 aliphatic rings. The number of amides is 1. The van der Waals surface area contributed by atoms with Crippen LogP contribution in [0.3, 0.4) is 0 Å². The van der Waals surface area contributed by atoms with Gasteiger partial charge in [0.2, 0.25) is 5.91 Å². The molecule has 1 amide bonds. The standard InChI is InChI=1S/C30H26ClN5O2S/c1-3-38-25-15-13-24(14-16-25)36-28(22-10-7-17-32-19-22)34-35-30(36)39-27(21-8-5-4-6-9-21)29(37)33-23-12-11-20(2)26(31)18-23/h4-19,27H,3H2,1-2H3,(H,33,37). The summed E-state index contributed by atoms with van der Waals surface area (Å²) in [6, 6.07) is 26.6. The molecule has 9 heteroatoms. The summed E-state index contributed by atoms with van der Waals surface area (Å²) in [4.78, 5) is 18.0. The van der Waals surface area contributed by atoms with Gasteiger partial charge < -0.3 is 10.1 Å². The van der Waals surface area contributed by atoms with Gasteiger partial charge in [-0.2, -0.15) is 0 Å². The molecule has 0 aliphatic heterocycles. The van der Waals surface area contributed by atoms with Crippen molar-refractivity contribution in [2.75, 3.05) is 11.9 Å². The van der Waals surface area contributed by atoms with Crippen LogP contribution < -0.4 is 10.1 Å². The molecule has 39 heavy (non-hydrogen) atoms. The monoisotopic (exact) mass is 555 g/mol. The maximum atomic E-state index is 13.7. The van der Waals surface area contributed by atoms with Crippen LogP contribution >= 0.6 is 23.4 Å². The summed E-state index contributed by atoms with van der Waals surface area (Å²) in [5, 5.41) is 12.6. The predicted molar refractivity (Wildman–Crippen MR) is 156 cm³/mol. The Labute approximate surface area is 236 Å². The number of ether oxygens (including phenoxy) is 1. The zero-order valence-corrected chi connectivity index (χ0v) is 23.0. The van der Waals surface area contributed by atoms with Crippen LogP contribution in [0.25, 0.3) is 17.1 Å². The normalized spacial score (nSPS) is 11.7. The van der Waals surface area contributed by atoms with E-state index in [0.717, 1.165) is 28.1 Å². The fraction of sp³-hybridized carbons (Fsp3) is 0.133. The zero-order valence-electron chi connectivity index (χ0n) is 21.4. The van der Waals surface area contributed by atoms with Gasteiger partial charge in [0, 0.05) is 34.4 Å². The summed E-state index contributed by atoms with van der Waals surface area (Å²) in [6.07, 6.45) is 3.45. The van der Waals surface area contributed by atoms with Crippen LogP contribution in [-0.2, 0) is 4.79 Å². The molecule has 196 valence electrons. The summed E-state index contributed by atoms with van der Waals surface area (Å²) in [7, 11) is 0. The molecule has 0 spiro atoms. The Morgan fingerprint density at radius 3 is 2.51 bits per heavy atom. The third-order valence-electron chi connectivity index (χ3n) is 5.96. The van der Waals surface area contributed by atoms with E-state index < -0.39 is 5.25 Å². The number of rotatable bonds is 9. The summed E-state index contributed by atoms with van der Waals surface area (Å²) in [6.45, 7) is 4.44. The van der Waals surface area contributed by atoms with Gasteiger partial charge in [-0.25, -0.2) is 0 Å². The number of anilines is 1. The van der Waals surface area contributed by atoms with Crippen molar-refractivity contribution in [3.05, 3.63) is 113 Å². The lowest BCUT2D eigenvalue weighted by molar-refractivity contribution is -0.115. The number of pyridine rings is 1. The molecule has 1 unspecified atom stereocenters. The summed E-state index contributed by atoms with van der Waals surface area (Å²) >= 11 is 7.63. The number of thioether (sulfide) groups is 1. The second-order valence-electron chi connectivity index (χ2n) is 8.67. The van der Waals surface area contributed by atoms with E-state index in [1.54, 1.807) is 18.5 Å². The average Bonchev–Trinajstić information content (AvgIpc) is 3.39. The number of halogens is 1. The molecule has 7 nitrogen and oxygen atoms in total. The number of carbonyl (C=O) groups is 1. The molecule has 0 radical (unpaired) electrons. The highest BCUT2D eigenvalue weighted by molar-refractivity contribution is 8.00. The molecule has 0 saturated heterocycles. The van der Waals surface area contributed by atoms with Gasteiger partial charge in [0.1, 0.15) is 11.0 Å². The Hall–Kier alpha value is -4.14. The average molecular weight is 556 g/mol. The molecule has 2 heterocycles. The Kier molecular flexibility index (Phi) is 8.24. The highest BCUT2D eigenvalue weighted by Gasteiger charge is 2.27. The van der Waals surface area contributed by atoms with Crippen molar-refractivity contribution in [1.29, 1.82) is 0 Å². The van der Waals surface area contributed by atoms with E-state index in [9.17, 15) is 4.79 Å². The van der Waals surface area contributed by atoms with Crippen LogP contribution in [0, 0.1) is 6.92 Å². The molecular weight excluding hydrogens is 530 g/mol. The van der Waals surface area contributed by atoms with Crippen LogP contribution in [0.4, 0.5) is 5.69 Å². The number of carbonyl (C=O) groups excluding carboxylic acids is 1. The predicted octanol–water partition coefficient (Wildman–Crippen LogP) is 7.16. The molecule has 0 fully saturated rings. The van der Waals surface area contributed by atoms with Crippen LogP contribution in [0.5, 0.6) is 5.75 Å². The van der Waals surface area contributed by atoms with Crippen LogP contribution in [0.2, 0.25) is 5.02 Å². The van der Waals surface area contributed by atoms with Crippen LogP contribution in [-0.4, -0.2) is 32.3 Å². The number of nitrogens with one attached hydrogen (secondary N) is 1. The smallest absolute Gasteiger partial charge is 0.242 e. The van der Waals surface area contributed by atoms with E-state index in [4.69, 9.17) is 16.3 Å². The van der Waals surface area contributed by atoms with E-state index >= 15 is 0 Å². The van der Waals surface area contributed by atoms with Crippen molar-refractivity contribution in [2.45, 2.75) is 24.3 Å². The maximum Gasteiger partial charge on any atom is 0.242 e. The molecule has 2 aromatic heterocycles. The summed E-state index contributed by atoms with van der Waals surface area (Å²) in [5.41, 5.74) is 4.04.